The molecule has 1 atom stereocenters. The van der Waals surface area contributed by atoms with E-state index in [0.717, 1.165) is 0 Å². The summed E-state index contributed by atoms with van der Waals surface area (Å²) in [6, 6.07) is 18.0. The number of non-ortho nitro benzene ring substituents is 1. The van der Waals surface area contributed by atoms with Crippen molar-refractivity contribution in [3.8, 4) is 0 Å². The van der Waals surface area contributed by atoms with Crippen LogP contribution in [0.15, 0.2) is 99.1 Å². The fraction of sp³-hybridized carbons (Fsp3) is 0.179. The molecule has 0 unspecified atom stereocenters. The van der Waals surface area contributed by atoms with Gasteiger partial charge >= 0.3 is 5.97 Å². The minimum absolute atomic E-state index is 0.00503. The molecule has 1 amide bonds. The summed E-state index contributed by atoms with van der Waals surface area (Å²) in [7, 11) is 0. The maximum absolute atomic E-state index is 13.5. The molecular formula is C28H24N4O6S. The smallest absolute Gasteiger partial charge is 0.338 e. The molecule has 0 saturated heterocycles. The number of ether oxygens (including phenoxy) is 1. The van der Waals surface area contributed by atoms with Gasteiger partial charge < -0.3 is 19.4 Å². The van der Waals surface area contributed by atoms with Crippen molar-refractivity contribution >= 4 is 40.2 Å². The van der Waals surface area contributed by atoms with E-state index in [2.05, 4.69) is 5.32 Å². The van der Waals surface area contributed by atoms with Gasteiger partial charge in [-0.15, -0.1) is 0 Å². The van der Waals surface area contributed by atoms with Gasteiger partial charge in [-0.05, 0) is 30.0 Å². The normalized spacial score (nSPS) is 16.3. The highest BCUT2D eigenvalue weighted by Gasteiger charge is 2.42. The summed E-state index contributed by atoms with van der Waals surface area (Å²) in [6.07, 6.45) is 1.53. The molecule has 0 bridgehead atoms. The molecule has 2 aliphatic rings. The molecule has 1 aromatic heterocycles. The van der Waals surface area contributed by atoms with Gasteiger partial charge in [0, 0.05) is 23.4 Å². The molecule has 2 aromatic carbocycles. The minimum atomic E-state index is -0.814. The number of furan rings is 1. The monoisotopic (exact) mass is 544 g/mol. The van der Waals surface area contributed by atoms with E-state index in [0.29, 0.717) is 33.4 Å². The van der Waals surface area contributed by atoms with Gasteiger partial charge in [0.25, 0.3) is 5.69 Å². The van der Waals surface area contributed by atoms with Gasteiger partial charge in [0.15, 0.2) is 5.17 Å². The molecular weight excluding hydrogens is 520 g/mol. The molecule has 0 saturated carbocycles. The molecule has 39 heavy (non-hydrogen) atoms. The van der Waals surface area contributed by atoms with Crippen molar-refractivity contribution in [3.63, 3.8) is 0 Å². The van der Waals surface area contributed by atoms with E-state index in [-0.39, 0.29) is 36.7 Å². The fourth-order valence-electron chi connectivity index (χ4n) is 4.44. The Morgan fingerprint density at radius 3 is 2.69 bits per heavy atom. The van der Waals surface area contributed by atoms with Crippen LogP contribution in [0.25, 0.3) is 5.70 Å². The molecule has 0 fully saturated rings. The van der Waals surface area contributed by atoms with Gasteiger partial charge in [-0.2, -0.15) is 0 Å². The topological polar surface area (TPSA) is 127 Å². The first kappa shape index (κ1) is 26.0. The largest absolute Gasteiger partial charge is 0.467 e. The van der Waals surface area contributed by atoms with E-state index in [1.165, 1.54) is 30.2 Å². The van der Waals surface area contributed by atoms with Crippen LogP contribution >= 0.6 is 11.8 Å². The van der Waals surface area contributed by atoms with Crippen LogP contribution in [0.1, 0.15) is 36.3 Å². The molecule has 10 nitrogen and oxygen atoms in total. The second-order valence-corrected chi connectivity index (χ2v) is 9.46. The standard InChI is InChI=1S/C28H24N4O6S/c1-2-37-27(34)24-25(18-8-4-3-5-9-18)30-28-31(26(24)19-10-6-11-20(14-19)32(35)36)21(17-39-28)15-23(33)29-16-22-12-7-13-38-22/h3-14,17,26H,2,15-16H2,1H3,(H,29,33)/t26-/m1/s1. The Labute approximate surface area is 228 Å². The van der Waals surface area contributed by atoms with Crippen LogP contribution < -0.4 is 5.32 Å². The lowest BCUT2D eigenvalue weighted by atomic mass is 9.91. The van der Waals surface area contributed by atoms with E-state index in [9.17, 15) is 19.7 Å². The number of nitrogens with one attached hydrogen (secondary N) is 1. The number of amides is 1. The summed E-state index contributed by atoms with van der Waals surface area (Å²) in [5.41, 5.74) is 2.33. The van der Waals surface area contributed by atoms with Crippen molar-refractivity contribution < 1.29 is 23.7 Å². The molecule has 198 valence electrons. The zero-order chi connectivity index (χ0) is 27.4. The number of nitro benzene ring substituents is 1. The minimum Gasteiger partial charge on any atom is -0.467 e. The summed E-state index contributed by atoms with van der Waals surface area (Å²) in [5.74, 6) is -0.227. The number of hydrogen-bond acceptors (Lipinski definition) is 9. The van der Waals surface area contributed by atoms with Crippen molar-refractivity contribution in [1.29, 1.82) is 0 Å². The van der Waals surface area contributed by atoms with E-state index < -0.39 is 16.9 Å². The van der Waals surface area contributed by atoms with Crippen LogP contribution in [0.4, 0.5) is 5.69 Å². The van der Waals surface area contributed by atoms with Crippen molar-refractivity contribution in [2.24, 2.45) is 4.99 Å². The molecule has 5 rings (SSSR count). The highest BCUT2D eigenvalue weighted by molar-refractivity contribution is 8.16. The number of rotatable bonds is 9. The molecule has 0 radical (unpaired) electrons. The maximum atomic E-state index is 13.5. The summed E-state index contributed by atoms with van der Waals surface area (Å²) in [5, 5.41) is 16.8. The van der Waals surface area contributed by atoms with Gasteiger partial charge in [-0.3, -0.25) is 14.9 Å². The summed E-state index contributed by atoms with van der Waals surface area (Å²) >= 11 is 1.32. The molecule has 2 aliphatic heterocycles. The Morgan fingerprint density at radius 2 is 1.97 bits per heavy atom. The zero-order valence-electron chi connectivity index (χ0n) is 20.9. The molecule has 0 aliphatic carbocycles. The second-order valence-electron chi connectivity index (χ2n) is 8.63. The van der Waals surface area contributed by atoms with Crippen LogP contribution in [-0.4, -0.2) is 33.5 Å². The van der Waals surface area contributed by atoms with Crippen LogP contribution in [-0.2, 0) is 20.9 Å². The first-order valence-corrected chi connectivity index (χ1v) is 13.1. The third kappa shape index (κ3) is 5.48. The number of fused-ring (bicyclic) bond motifs is 1. The third-order valence-corrected chi connectivity index (χ3v) is 7.02. The Morgan fingerprint density at radius 1 is 1.15 bits per heavy atom. The third-order valence-electron chi connectivity index (χ3n) is 6.13. The Hall–Kier alpha value is -4.64. The molecule has 11 heteroatoms. The van der Waals surface area contributed by atoms with Crippen molar-refractivity contribution in [1.82, 2.24) is 10.2 Å². The number of benzene rings is 2. The van der Waals surface area contributed by atoms with Gasteiger partial charge in [0.2, 0.25) is 5.91 Å². The van der Waals surface area contributed by atoms with Gasteiger partial charge in [0.05, 0.1) is 48.1 Å². The lowest BCUT2D eigenvalue weighted by Crippen LogP contribution is -2.38. The van der Waals surface area contributed by atoms with E-state index >= 15 is 0 Å². The zero-order valence-corrected chi connectivity index (χ0v) is 21.7. The predicted octanol–water partition coefficient (Wildman–Crippen LogP) is 5.17. The van der Waals surface area contributed by atoms with Crippen LogP contribution in [0.3, 0.4) is 0 Å². The number of nitrogens with zero attached hydrogens (tertiary/aromatic N) is 3. The Kier molecular flexibility index (Phi) is 7.60. The number of carbonyl (C=O) groups is 2. The number of carbonyl (C=O) groups excluding carboxylic acids is 2. The first-order valence-electron chi connectivity index (χ1n) is 12.2. The lowest BCUT2D eigenvalue weighted by molar-refractivity contribution is -0.384. The van der Waals surface area contributed by atoms with E-state index in [4.69, 9.17) is 14.1 Å². The highest BCUT2D eigenvalue weighted by Crippen LogP contribution is 2.47. The van der Waals surface area contributed by atoms with Gasteiger partial charge in [-0.1, -0.05) is 54.2 Å². The van der Waals surface area contributed by atoms with E-state index in [1.54, 1.807) is 36.1 Å². The van der Waals surface area contributed by atoms with Crippen molar-refractivity contribution in [2.75, 3.05) is 6.61 Å². The van der Waals surface area contributed by atoms with Crippen molar-refractivity contribution in [3.05, 3.63) is 117 Å². The predicted molar refractivity (Wildman–Crippen MR) is 146 cm³/mol. The quantitative estimate of drug-likeness (QED) is 0.222. The number of amidine groups is 1. The Balaban J connectivity index is 1.58. The summed E-state index contributed by atoms with van der Waals surface area (Å²) in [4.78, 5) is 44.2. The number of thioether (sulfide) groups is 1. The van der Waals surface area contributed by atoms with Crippen LogP contribution in [0.5, 0.6) is 0 Å². The van der Waals surface area contributed by atoms with Crippen LogP contribution in [0, 0.1) is 10.1 Å². The molecule has 3 heterocycles. The average Bonchev–Trinajstić information content (AvgIpc) is 3.62. The molecule has 1 N–H and O–H groups in total. The van der Waals surface area contributed by atoms with Crippen molar-refractivity contribution in [2.45, 2.75) is 25.9 Å². The number of aliphatic imine (C=N–C) groups is 1. The summed E-state index contributed by atoms with van der Waals surface area (Å²) in [6.45, 7) is 2.07. The number of esters is 1. The fourth-order valence-corrected chi connectivity index (χ4v) is 5.36. The molecule has 3 aromatic rings. The SMILES string of the molecule is CCOC(=O)C1=C(c2ccccc2)N=C2SC=C(CC(=O)NCc3ccco3)N2[C@@H]1c1cccc([N+](=O)[O-])c1. The van der Waals surface area contributed by atoms with E-state index in [1.807, 2.05) is 35.7 Å². The maximum Gasteiger partial charge on any atom is 0.338 e. The first-order chi connectivity index (χ1) is 19.0. The number of hydrogen-bond donors (Lipinski definition) is 1. The van der Waals surface area contributed by atoms with Gasteiger partial charge in [-0.25, -0.2) is 9.79 Å². The van der Waals surface area contributed by atoms with Gasteiger partial charge in [0.1, 0.15) is 5.76 Å². The Bertz CT molecular complexity index is 1500. The lowest BCUT2D eigenvalue weighted by Gasteiger charge is -2.36. The average molecular weight is 545 g/mol. The number of nitro groups is 1. The molecule has 0 spiro atoms. The summed E-state index contributed by atoms with van der Waals surface area (Å²) < 4.78 is 10.8. The van der Waals surface area contributed by atoms with Crippen LogP contribution in [0.2, 0.25) is 0 Å². The second kappa shape index (κ2) is 11.4. The highest BCUT2D eigenvalue weighted by atomic mass is 32.2.